The molecule has 1 unspecified atom stereocenters. The van der Waals surface area contributed by atoms with E-state index in [2.05, 4.69) is 5.32 Å². The molecule has 2 aromatic rings. The Morgan fingerprint density at radius 1 is 1.12 bits per heavy atom. The molecule has 0 aliphatic heterocycles. The van der Waals surface area contributed by atoms with Gasteiger partial charge in [-0.15, -0.1) is 0 Å². The number of benzene rings is 2. The third kappa shape index (κ3) is 5.77. The van der Waals surface area contributed by atoms with Crippen LogP contribution in [0, 0.1) is 0 Å². The van der Waals surface area contributed by atoms with E-state index in [1.165, 1.54) is 6.92 Å². The van der Waals surface area contributed by atoms with Gasteiger partial charge in [0.15, 0.2) is 0 Å². The summed E-state index contributed by atoms with van der Waals surface area (Å²) < 4.78 is 33.1. The number of nitrogens with one attached hydrogen (secondary N) is 1. The SMILES string of the molecule is CC(Nc1ccc(OCc2ccccc2)cc1)(OS(C)(=O)=O)C(N)=O. The molecular weight excluding hydrogens is 344 g/mol. The summed E-state index contributed by atoms with van der Waals surface area (Å²) in [5.74, 6) is -0.332. The molecule has 0 aliphatic rings. The molecule has 1 atom stereocenters. The summed E-state index contributed by atoms with van der Waals surface area (Å²) in [6, 6.07) is 16.3. The first-order chi connectivity index (χ1) is 11.7. The largest absolute Gasteiger partial charge is 0.489 e. The minimum atomic E-state index is -3.88. The fourth-order valence-electron chi connectivity index (χ4n) is 2.08. The molecule has 0 radical (unpaired) electrons. The maximum atomic E-state index is 11.6. The summed E-state index contributed by atoms with van der Waals surface area (Å²) in [5, 5.41) is 2.68. The van der Waals surface area contributed by atoms with Crippen LogP contribution in [-0.4, -0.2) is 26.3 Å². The minimum Gasteiger partial charge on any atom is -0.489 e. The van der Waals surface area contributed by atoms with E-state index in [1.807, 2.05) is 30.3 Å². The highest BCUT2D eigenvalue weighted by molar-refractivity contribution is 7.86. The Morgan fingerprint density at radius 2 is 1.72 bits per heavy atom. The lowest BCUT2D eigenvalue weighted by Crippen LogP contribution is -2.51. The van der Waals surface area contributed by atoms with Crippen molar-refractivity contribution in [2.24, 2.45) is 5.73 Å². The van der Waals surface area contributed by atoms with Crippen LogP contribution in [0.15, 0.2) is 54.6 Å². The number of anilines is 1. The van der Waals surface area contributed by atoms with Crippen molar-refractivity contribution in [3.8, 4) is 5.75 Å². The van der Waals surface area contributed by atoms with Gasteiger partial charge in [0.1, 0.15) is 12.4 Å². The number of nitrogens with two attached hydrogens (primary N) is 1. The van der Waals surface area contributed by atoms with Gasteiger partial charge in [0.05, 0.1) is 6.26 Å². The number of hydrogen-bond acceptors (Lipinski definition) is 6. The standard InChI is InChI=1S/C17H20N2O5S/c1-17(16(18)20,24-25(2,21)22)19-14-8-10-15(11-9-14)23-12-13-6-4-3-5-7-13/h3-11,19H,12H2,1-2H3,(H2,18,20). The fourth-order valence-corrected chi connectivity index (χ4v) is 2.81. The van der Waals surface area contributed by atoms with Gasteiger partial charge < -0.3 is 15.8 Å². The smallest absolute Gasteiger partial charge is 0.271 e. The van der Waals surface area contributed by atoms with E-state index < -0.39 is 21.8 Å². The summed E-state index contributed by atoms with van der Waals surface area (Å²) in [4.78, 5) is 11.6. The minimum absolute atomic E-state index is 0.420. The molecule has 1 amide bonds. The lowest BCUT2D eigenvalue weighted by molar-refractivity contribution is -0.129. The molecular formula is C17H20N2O5S. The van der Waals surface area contributed by atoms with Gasteiger partial charge in [-0.1, -0.05) is 30.3 Å². The van der Waals surface area contributed by atoms with Crippen molar-refractivity contribution in [2.45, 2.75) is 19.3 Å². The van der Waals surface area contributed by atoms with Crippen LogP contribution in [0.3, 0.4) is 0 Å². The zero-order valence-corrected chi connectivity index (χ0v) is 14.7. The topological polar surface area (TPSA) is 108 Å². The first-order valence-corrected chi connectivity index (χ1v) is 9.25. The first kappa shape index (κ1) is 18.8. The Kier molecular flexibility index (Phi) is 5.66. The average molecular weight is 364 g/mol. The summed E-state index contributed by atoms with van der Waals surface area (Å²) in [6.07, 6.45) is 0.844. The fraction of sp³-hybridized carbons (Fsp3) is 0.235. The van der Waals surface area contributed by atoms with Crippen LogP contribution in [0.25, 0.3) is 0 Å². The number of amides is 1. The van der Waals surface area contributed by atoms with Crippen molar-refractivity contribution in [2.75, 3.05) is 11.6 Å². The molecule has 3 N–H and O–H groups in total. The van der Waals surface area contributed by atoms with E-state index in [4.69, 9.17) is 14.7 Å². The van der Waals surface area contributed by atoms with Crippen molar-refractivity contribution in [1.29, 1.82) is 0 Å². The number of rotatable bonds is 8. The third-order valence-corrected chi connectivity index (χ3v) is 3.91. The van der Waals surface area contributed by atoms with Crippen molar-refractivity contribution in [1.82, 2.24) is 0 Å². The van der Waals surface area contributed by atoms with Crippen molar-refractivity contribution < 1.29 is 22.1 Å². The second-order valence-corrected chi connectivity index (χ2v) is 7.18. The highest BCUT2D eigenvalue weighted by atomic mass is 32.2. The molecule has 2 rings (SSSR count). The summed E-state index contributed by atoms with van der Waals surface area (Å²) in [7, 11) is -3.88. The Balaban J connectivity index is 2.04. The third-order valence-electron chi connectivity index (χ3n) is 3.27. The van der Waals surface area contributed by atoms with E-state index >= 15 is 0 Å². The van der Waals surface area contributed by atoms with Crippen molar-refractivity contribution in [3.63, 3.8) is 0 Å². The van der Waals surface area contributed by atoms with Crippen LogP contribution in [0.2, 0.25) is 0 Å². The highest BCUT2D eigenvalue weighted by Crippen LogP contribution is 2.22. The first-order valence-electron chi connectivity index (χ1n) is 7.43. The Morgan fingerprint density at radius 3 is 2.24 bits per heavy atom. The maximum Gasteiger partial charge on any atom is 0.271 e. The predicted octanol–water partition coefficient (Wildman–Crippen LogP) is 1.86. The van der Waals surface area contributed by atoms with Crippen LogP contribution >= 0.6 is 0 Å². The molecule has 2 aromatic carbocycles. The van der Waals surface area contributed by atoms with Gasteiger partial charge in [-0.25, -0.2) is 4.18 Å². The van der Waals surface area contributed by atoms with Gasteiger partial charge in [0, 0.05) is 5.69 Å². The zero-order chi connectivity index (χ0) is 18.5. The van der Waals surface area contributed by atoms with Crippen molar-refractivity contribution >= 4 is 21.7 Å². The lowest BCUT2D eigenvalue weighted by Gasteiger charge is -2.27. The number of carbonyl (C=O) groups excluding carboxylic acids is 1. The number of ether oxygens (including phenoxy) is 1. The van der Waals surface area contributed by atoms with Gasteiger partial charge in [-0.3, -0.25) is 4.79 Å². The van der Waals surface area contributed by atoms with E-state index in [-0.39, 0.29) is 0 Å². The monoisotopic (exact) mass is 364 g/mol. The molecule has 8 heteroatoms. The lowest BCUT2D eigenvalue weighted by atomic mass is 10.2. The molecule has 0 aromatic heterocycles. The molecule has 0 aliphatic carbocycles. The molecule has 0 bridgehead atoms. The molecule has 134 valence electrons. The molecule has 0 saturated carbocycles. The maximum absolute atomic E-state index is 11.6. The second kappa shape index (κ2) is 7.54. The van der Waals surface area contributed by atoms with Gasteiger partial charge in [-0.05, 0) is 36.8 Å². The van der Waals surface area contributed by atoms with Crippen molar-refractivity contribution in [3.05, 3.63) is 60.2 Å². The Bertz CT molecular complexity index is 822. The van der Waals surface area contributed by atoms with Gasteiger partial charge in [-0.2, -0.15) is 8.42 Å². The Hall–Kier alpha value is -2.58. The van der Waals surface area contributed by atoms with Crippen LogP contribution in [0.1, 0.15) is 12.5 Å². The van der Waals surface area contributed by atoms with E-state index in [1.54, 1.807) is 24.3 Å². The second-order valence-electron chi connectivity index (χ2n) is 5.61. The molecule has 0 heterocycles. The number of carbonyl (C=O) groups is 1. The number of hydrogen-bond donors (Lipinski definition) is 2. The average Bonchev–Trinajstić information content (AvgIpc) is 2.53. The van der Waals surface area contributed by atoms with Crippen LogP contribution < -0.4 is 15.8 Å². The quantitative estimate of drug-likeness (QED) is 0.547. The number of primary amides is 1. The predicted molar refractivity (Wildman–Crippen MR) is 94.4 cm³/mol. The molecule has 0 fully saturated rings. The van der Waals surface area contributed by atoms with E-state index in [9.17, 15) is 13.2 Å². The Labute approximate surface area is 146 Å². The summed E-state index contributed by atoms with van der Waals surface area (Å²) >= 11 is 0. The van der Waals surface area contributed by atoms with Crippen LogP contribution in [0.5, 0.6) is 5.75 Å². The van der Waals surface area contributed by atoms with Crippen LogP contribution in [-0.2, 0) is 25.7 Å². The molecule has 7 nitrogen and oxygen atoms in total. The highest BCUT2D eigenvalue weighted by Gasteiger charge is 2.36. The molecule has 0 spiro atoms. The van der Waals surface area contributed by atoms with Gasteiger partial charge >= 0.3 is 0 Å². The molecule has 25 heavy (non-hydrogen) atoms. The molecule has 0 saturated heterocycles. The van der Waals surface area contributed by atoms with Gasteiger partial charge in [0.25, 0.3) is 16.0 Å². The van der Waals surface area contributed by atoms with E-state index in [0.717, 1.165) is 11.8 Å². The zero-order valence-electron chi connectivity index (χ0n) is 13.9. The summed E-state index contributed by atoms with van der Waals surface area (Å²) in [6.45, 7) is 1.67. The normalized spacial score (nSPS) is 13.7. The van der Waals surface area contributed by atoms with E-state index in [0.29, 0.717) is 18.0 Å². The van der Waals surface area contributed by atoms with Crippen LogP contribution in [0.4, 0.5) is 5.69 Å². The summed E-state index contributed by atoms with van der Waals surface area (Å²) in [5.41, 5.74) is 4.85. The van der Waals surface area contributed by atoms with Gasteiger partial charge in [0.2, 0.25) is 5.72 Å².